The van der Waals surface area contributed by atoms with E-state index in [1.807, 2.05) is 0 Å². The van der Waals surface area contributed by atoms with Crippen LogP contribution in [-0.4, -0.2) is 0 Å². The molecule has 0 atom stereocenters. The fraction of sp³-hybridized carbons (Fsp3) is 0.200. The first-order valence-electron chi connectivity index (χ1n) is 5.60. The van der Waals surface area contributed by atoms with Crippen LogP contribution in [0, 0.1) is 5.41 Å². The zero-order chi connectivity index (χ0) is 12.2. The first-order valence-corrected chi connectivity index (χ1v) is 7.18. The van der Waals surface area contributed by atoms with Crippen molar-refractivity contribution in [1.82, 2.24) is 0 Å². The number of rotatable bonds is 0. The van der Waals surface area contributed by atoms with Crippen molar-refractivity contribution in [2.75, 3.05) is 0 Å². The minimum atomic E-state index is 0.0749. The van der Waals surface area contributed by atoms with E-state index in [1.165, 1.54) is 26.1 Å². The van der Waals surface area contributed by atoms with Gasteiger partial charge in [-0.3, -0.25) is 0 Å². The van der Waals surface area contributed by atoms with Crippen molar-refractivity contribution in [3.05, 3.63) is 55.3 Å². The summed E-state index contributed by atoms with van der Waals surface area (Å²) in [6.45, 7) is 4.53. The standard InChI is InChI=1S/C15H12Br2/c1-15(2)8-12(17)6-10-5-9-3-4-11(16)7-13(9)14(10)15/h3-8H,1-2H3. The van der Waals surface area contributed by atoms with Crippen LogP contribution in [0.4, 0.5) is 0 Å². The van der Waals surface area contributed by atoms with Gasteiger partial charge in [0.1, 0.15) is 0 Å². The topological polar surface area (TPSA) is 0 Å². The maximum absolute atomic E-state index is 3.60. The molecule has 2 aliphatic carbocycles. The number of benzene rings is 1. The lowest BCUT2D eigenvalue weighted by atomic mass is 9.77. The lowest BCUT2D eigenvalue weighted by Crippen LogP contribution is -2.27. The fourth-order valence-corrected chi connectivity index (χ4v) is 3.89. The summed E-state index contributed by atoms with van der Waals surface area (Å²) in [6.07, 6.45) is 6.75. The highest BCUT2D eigenvalue weighted by Gasteiger charge is 2.29. The van der Waals surface area contributed by atoms with Crippen LogP contribution in [0.3, 0.4) is 0 Å². The number of allylic oxidation sites excluding steroid dienone is 4. The molecule has 0 saturated carbocycles. The zero-order valence-electron chi connectivity index (χ0n) is 9.72. The van der Waals surface area contributed by atoms with Crippen molar-refractivity contribution in [2.45, 2.75) is 13.8 Å². The van der Waals surface area contributed by atoms with Gasteiger partial charge < -0.3 is 0 Å². The van der Waals surface area contributed by atoms with E-state index in [9.17, 15) is 0 Å². The van der Waals surface area contributed by atoms with Crippen LogP contribution < -0.4 is 10.4 Å². The Kier molecular flexibility index (Phi) is 2.50. The summed E-state index contributed by atoms with van der Waals surface area (Å²) in [6, 6.07) is 6.50. The molecule has 3 rings (SSSR count). The predicted octanol–water partition coefficient (Wildman–Crippen LogP) is 3.64. The molecule has 0 aromatic heterocycles. The highest BCUT2D eigenvalue weighted by atomic mass is 79.9. The van der Waals surface area contributed by atoms with Crippen molar-refractivity contribution in [2.24, 2.45) is 5.41 Å². The molecule has 0 spiro atoms. The van der Waals surface area contributed by atoms with Gasteiger partial charge in [-0.05, 0) is 45.9 Å². The highest BCUT2D eigenvalue weighted by Crippen LogP contribution is 2.42. The van der Waals surface area contributed by atoms with E-state index in [0.717, 1.165) is 4.47 Å². The molecule has 0 bridgehead atoms. The monoisotopic (exact) mass is 350 g/mol. The number of hydrogen-bond donors (Lipinski definition) is 0. The second-order valence-electron chi connectivity index (χ2n) is 5.10. The van der Waals surface area contributed by atoms with Gasteiger partial charge in [0.2, 0.25) is 0 Å². The van der Waals surface area contributed by atoms with E-state index in [4.69, 9.17) is 0 Å². The lowest BCUT2D eigenvalue weighted by Gasteiger charge is -2.28. The molecule has 2 heteroatoms. The number of halogens is 2. The first kappa shape index (κ1) is 11.5. The molecule has 0 N–H and O–H groups in total. The van der Waals surface area contributed by atoms with Crippen molar-refractivity contribution < 1.29 is 0 Å². The first-order chi connectivity index (χ1) is 7.97. The Balaban J connectivity index is 2.44. The summed E-state index contributed by atoms with van der Waals surface area (Å²) in [7, 11) is 0. The summed E-state index contributed by atoms with van der Waals surface area (Å²) in [4.78, 5) is 0. The molecular weight excluding hydrogens is 340 g/mol. The predicted molar refractivity (Wildman–Crippen MR) is 80.1 cm³/mol. The Labute approximate surface area is 118 Å². The largest absolute Gasteiger partial charge is 0.0602 e. The van der Waals surface area contributed by atoms with E-state index < -0.39 is 0 Å². The zero-order valence-corrected chi connectivity index (χ0v) is 12.9. The molecule has 0 unspecified atom stereocenters. The van der Waals surface area contributed by atoms with E-state index in [0.29, 0.717) is 0 Å². The van der Waals surface area contributed by atoms with Crippen LogP contribution in [0.25, 0.3) is 11.6 Å². The third-order valence-corrected chi connectivity index (χ3v) is 4.27. The van der Waals surface area contributed by atoms with Gasteiger partial charge >= 0.3 is 0 Å². The Morgan fingerprint density at radius 2 is 1.82 bits per heavy atom. The second kappa shape index (κ2) is 3.69. The van der Waals surface area contributed by atoms with Crippen LogP contribution in [0.15, 0.2) is 44.9 Å². The molecule has 0 aliphatic heterocycles. The van der Waals surface area contributed by atoms with Crippen molar-refractivity contribution in [3.8, 4) is 0 Å². The maximum atomic E-state index is 3.60. The number of hydrogen-bond acceptors (Lipinski definition) is 0. The van der Waals surface area contributed by atoms with Gasteiger partial charge in [-0.25, -0.2) is 0 Å². The Bertz CT molecular complexity index is 688. The Morgan fingerprint density at radius 1 is 1.06 bits per heavy atom. The molecule has 1 aromatic rings. The molecule has 0 saturated heterocycles. The molecule has 1 aromatic carbocycles. The van der Waals surface area contributed by atoms with Gasteiger partial charge in [0, 0.05) is 14.4 Å². The van der Waals surface area contributed by atoms with Gasteiger partial charge in [0.15, 0.2) is 0 Å². The minimum Gasteiger partial charge on any atom is -0.0602 e. The van der Waals surface area contributed by atoms with Crippen LogP contribution in [-0.2, 0) is 0 Å². The van der Waals surface area contributed by atoms with Crippen LogP contribution in [0.1, 0.15) is 13.8 Å². The quantitative estimate of drug-likeness (QED) is 0.669. The average molecular weight is 352 g/mol. The second-order valence-corrected chi connectivity index (χ2v) is 6.93. The fourth-order valence-electron chi connectivity index (χ4n) is 2.71. The van der Waals surface area contributed by atoms with Gasteiger partial charge in [-0.2, -0.15) is 0 Å². The summed E-state index contributed by atoms with van der Waals surface area (Å²) >= 11 is 7.16. The summed E-state index contributed by atoms with van der Waals surface area (Å²) in [5.74, 6) is 0. The molecule has 0 fully saturated rings. The molecule has 17 heavy (non-hydrogen) atoms. The van der Waals surface area contributed by atoms with Gasteiger partial charge in [0.25, 0.3) is 0 Å². The molecule has 0 nitrogen and oxygen atoms in total. The molecule has 0 amide bonds. The minimum absolute atomic E-state index is 0.0749. The molecular formula is C15H12Br2. The smallest absolute Gasteiger partial charge is 0.0181 e. The molecule has 86 valence electrons. The van der Waals surface area contributed by atoms with E-state index in [2.05, 4.69) is 82.1 Å². The van der Waals surface area contributed by atoms with Crippen molar-refractivity contribution in [3.63, 3.8) is 0 Å². The third kappa shape index (κ3) is 1.78. The van der Waals surface area contributed by atoms with E-state index in [1.54, 1.807) is 0 Å². The normalized spacial score (nSPS) is 20.1. The summed E-state index contributed by atoms with van der Waals surface area (Å²) in [5, 5.41) is 2.67. The van der Waals surface area contributed by atoms with Gasteiger partial charge in [0.05, 0.1) is 0 Å². The molecule has 0 radical (unpaired) electrons. The van der Waals surface area contributed by atoms with Crippen LogP contribution in [0.2, 0.25) is 0 Å². The van der Waals surface area contributed by atoms with Crippen molar-refractivity contribution in [1.29, 1.82) is 0 Å². The number of fused-ring (bicyclic) bond motifs is 2. The Morgan fingerprint density at radius 3 is 2.59 bits per heavy atom. The highest BCUT2D eigenvalue weighted by molar-refractivity contribution is 9.12. The lowest BCUT2D eigenvalue weighted by molar-refractivity contribution is 0.643. The maximum Gasteiger partial charge on any atom is 0.0181 e. The van der Waals surface area contributed by atoms with E-state index >= 15 is 0 Å². The summed E-state index contributed by atoms with van der Waals surface area (Å²) in [5.41, 5.74) is 2.83. The Hall–Kier alpha value is -0.600. The average Bonchev–Trinajstić information content (AvgIpc) is 2.53. The molecule has 2 aliphatic rings. The SMILES string of the molecule is CC1(C)C=C(Br)C=C2C=c3ccc(Br)cc3=C21. The third-order valence-electron chi connectivity index (χ3n) is 3.32. The van der Waals surface area contributed by atoms with Crippen LogP contribution >= 0.6 is 31.9 Å². The van der Waals surface area contributed by atoms with Gasteiger partial charge in [-0.15, -0.1) is 0 Å². The van der Waals surface area contributed by atoms with Crippen molar-refractivity contribution >= 4 is 43.5 Å². The van der Waals surface area contributed by atoms with Crippen LogP contribution in [0.5, 0.6) is 0 Å². The van der Waals surface area contributed by atoms with Gasteiger partial charge in [-0.1, -0.05) is 57.8 Å². The molecule has 0 heterocycles. The van der Waals surface area contributed by atoms with E-state index in [-0.39, 0.29) is 5.41 Å². The summed E-state index contributed by atoms with van der Waals surface area (Å²) < 4.78 is 2.31.